The molecule has 0 fully saturated rings. The molecule has 0 aliphatic rings. The van der Waals surface area contributed by atoms with Gasteiger partial charge >= 0.3 is 0 Å². The van der Waals surface area contributed by atoms with Crippen molar-refractivity contribution in [1.82, 2.24) is 0 Å². The fourth-order valence-electron chi connectivity index (χ4n) is 1.82. The van der Waals surface area contributed by atoms with Gasteiger partial charge in [0.15, 0.2) is 0 Å². The maximum absolute atomic E-state index is 5.80. The molecule has 0 aromatic heterocycles. The highest BCUT2D eigenvalue weighted by molar-refractivity contribution is 6.30. The summed E-state index contributed by atoms with van der Waals surface area (Å²) in [5.41, 5.74) is 2.37. The average molecular weight is 301 g/mol. The molecule has 2 heteroatoms. The Balaban J connectivity index is 0.000000219. The summed E-state index contributed by atoms with van der Waals surface area (Å²) in [5, 5.41) is 0.708. The Labute approximate surface area is 133 Å². The largest absolute Gasteiger partial charge is 0.496 e. The molecule has 0 heterocycles. The van der Waals surface area contributed by atoms with Crippen LogP contribution in [0.5, 0.6) is 5.75 Å². The van der Waals surface area contributed by atoms with E-state index in [0.29, 0.717) is 5.02 Å². The van der Waals surface area contributed by atoms with E-state index in [4.69, 9.17) is 16.3 Å². The Morgan fingerprint density at radius 2 is 1.86 bits per heavy atom. The summed E-state index contributed by atoms with van der Waals surface area (Å²) in [5.74, 6) is 0.853. The van der Waals surface area contributed by atoms with Gasteiger partial charge in [0.2, 0.25) is 0 Å². The van der Waals surface area contributed by atoms with Gasteiger partial charge < -0.3 is 4.74 Å². The monoisotopic (exact) mass is 300 g/mol. The predicted molar refractivity (Wildman–Crippen MR) is 92.5 cm³/mol. The molecule has 2 rings (SSSR count). The Kier molecular flexibility index (Phi) is 8.30. The van der Waals surface area contributed by atoms with Crippen LogP contribution in [-0.2, 0) is 6.42 Å². The van der Waals surface area contributed by atoms with Crippen LogP contribution in [0.3, 0.4) is 0 Å². The molecule has 21 heavy (non-hydrogen) atoms. The van der Waals surface area contributed by atoms with E-state index in [2.05, 4.69) is 13.8 Å². The van der Waals surface area contributed by atoms with Gasteiger partial charge in [-0.15, -0.1) is 0 Å². The van der Waals surface area contributed by atoms with Crippen molar-refractivity contribution in [2.75, 3.05) is 7.11 Å². The van der Waals surface area contributed by atoms with Crippen LogP contribution >= 0.6 is 11.6 Å². The molecule has 0 bridgehead atoms. The lowest BCUT2D eigenvalue weighted by Crippen LogP contribution is -1.91. The second-order valence-corrected chi connectivity index (χ2v) is 4.81. The zero-order chi connectivity index (χ0) is 15.5. The standard InChI is InChI=1S/C10H12ClO.C9H9/c1-3-4-8-5-6-9(11)7-10(8)12-2;1-2-6-9-7-4-3-5-8-9/h5-7H,1,3-4H2,2H3;2-8H,1H2/b;6-2+. The van der Waals surface area contributed by atoms with Crippen molar-refractivity contribution in [3.8, 4) is 5.75 Å². The van der Waals surface area contributed by atoms with Crippen LogP contribution in [0.25, 0.3) is 6.08 Å². The molecule has 0 spiro atoms. The number of halogens is 1. The molecule has 0 aliphatic carbocycles. The SMILES string of the molecule is [CH2]/C=C/c1ccccc1.[CH2]CCc1ccc(Cl)cc1OC. The third kappa shape index (κ3) is 6.50. The van der Waals surface area contributed by atoms with Crippen molar-refractivity contribution in [2.24, 2.45) is 0 Å². The number of ether oxygens (including phenoxy) is 1. The fraction of sp³-hybridized carbons (Fsp3) is 0.158. The fourth-order valence-corrected chi connectivity index (χ4v) is 1.98. The van der Waals surface area contributed by atoms with Crippen LogP contribution in [0, 0.1) is 13.8 Å². The van der Waals surface area contributed by atoms with Crippen LogP contribution in [0.4, 0.5) is 0 Å². The van der Waals surface area contributed by atoms with E-state index < -0.39 is 0 Å². The van der Waals surface area contributed by atoms with E-state index in [9.17, 15) is 0 Å². The molecule has 2 aromatic carbocycles. The number of hydrogen-bond donors (Lipinski definition) is 0. The van der Waals surface area contributed by atoms with Gasteiger partial charge in [0.25, 0.3) is 0 Å². The van der Waals surface area contributed by atoms with E-state index in [-0.39, 0.29) is 0 Å². The van der Waals surface area contributed by atoms with E-state index in [1.807, 2.05) is 54.6 Å². The van der Waals surface area contributed by atoms with Gasteiger partial charge in [-0.25, -0.2) is 0 Å². The van der Waals surface area contributed by atoms with Gasteiger partial charge in [0, 0.05) is 5.02 Å². The minimum atomic E-state index is 0.708. The lowest BCUT2D eigenvalue weighted by Gasteiger charge is -2.06. The van der Waals surface area contributed by atoms with Gasteiger partial charge in [0.1, 0.15) is 5.75 Å². The van der Waals surface area contributed by atoms with Crippen LogP contribution in [0.15, 0.2) is 54.6 Å². The molecule has 0 aliphatic heterocycles. The second-order valence-electron chi connectivity index (χ2n) is 4.37. The molecule has 1 nitrogen and oxygen atoms in total. The second kappa shape index (κ2) is 10.1. The summed E-state index contributed by atoms with van der Waals surface area (Å²) in [6.07, 6.45) is 5.56. The quantitative estimate of drug-likeness (QED) is 0.709. The highest BCUT2D eigenvalue weighted by Crippen LogP contribution is 2.23. The van der Waals surface area contributed by atoms with Crippen LogP contribution in [0.2, 0.25) is 5.02 Å². The van der Waals surface area contributed by atoms with Gasteiger partial charge in [-0.1, -0.05) is 67.1 Å². The molecule has 0 saturated heterocycles. The van der Waals surface area contributed by atoms with Gasteiger partial charge in [-0.3, -0.25) is 0 Å². The maximum atomic E-state index is 5.80. The minimum absolute atomic E-state index is 0.708. The molecule has 2 radical (unpaired) electrons. The number of hydrogen-bond acceptors (Lipinski definition) is 1. The van der Waals surface area contributed by atoms with E-state index in [1.54, 1.807) is 13.2 Å². The van der Waals surface area contributed by atoms with Gasteiger partial charge in [0.05, 0.1) is 7.11 Å². The molecule has 0 unspecified atom stereocenters. The van der Waals surface area contributed by atoms with E-state index in [1.165, 1.54) is 5.56 Å². The first-order chi connectivity index (χ1) is 10.2. The summed E-state index contributed by atoms with van der Waals surface area (Å²) in [7, 11) is 1.65. The summed E-state index contributed by atoms with van der Waals surface area (Å²) >= 11 is 5.80. The molecule has 110 valence electrons. The number of methoxy groups -OCH3 is 1. The highest BCUT2D eigenvalue weighted by atomic mass is 35.5. The first-order valence-corrected chi connectivity index (χ1v) is 7.21. The Morgan fingerprint density at radius 3 is 2.43 bits per heavy atom. The van der Waals surface area contributed by atoms with E-state index >= 15 is 0 Å². The number of benzene rings is 2. The predicted octanol–water partition coefficient (Wildman–Crippen LogP) is 5.65. The molecule has 0 saturated carbocycles. The molecule has 2 aromatic rings. The number of rotatable bonds is 4. The normalized spacial score (nSPS) is 10.1. The van der Waals surface area contributed by atoms with Gasteiger partial charge in [-0.2, -0.15) is 0 Å². The molecular weight excluding hydrogens is 280 g/mol. The lowest BCUT2D eigenvalue weighted by atomic mass is 10.1. The third-order valence-corrected chi connectivity index (χ3v) is 3.04. The van der Waals surface area contributed by atoms with Crippen molar-refractivity contribution >= 4 is 17.7 Å². The summed E-state index contributed by atoms with van der Waals surface area (Å²) in [4.78, 5) is 0. The first kappa shape index (κ1) is 17.3. The molecule has 0 N–H and O–H groups in total. The van der Waals surface area contributed by atoms with Crippen LogP contribution in [-0.4, -0.2) is 7.11 Å². The zero-order valence-electron chi connectivity index (χ0n) is 12.4. The Morgan fingerprint density at radius 1 is 1.14 bits per heavy atom. The number of aryl methyl sites for hydroxylation is 1. The molecule has 0 amide bonds. The van der Waals surface area contributed by atoms with Gasteiger partial charge in [-0.05, 0) is 43.0 Å². The lowest BCUT2D eigenvalue weighted by molar-refractivity contribution is 0.409. The molecule has 0 atom stereocenters. The van der Waals surface area contributed by atoms with Crippen molar-refractivity contribution < 1.29 is 4.74 Å². The average Bonchev–Trinajstić information content (AvgIpc) is 2.51. The van der Waals surface area contributed by atoms with Crippen molar-refractivity contribution in [2.45, 2.75) is 12.8 Å². The first-order valence-electron chi connectivity index (χ1n) is 6.83. The topological polar surface area (TPSA) is 9.23 Å². The minimum Gasteiger partial charge on any atom is -0.496 e. The molecular formula is C19H21ClO. The summed E-state index contributed by atoms with van der Waals surface area (Å²) < 4.78 is 5.17. The van der Waals surface area contributed by atoms with Crippen molar-refractivity contribution in [1.29, 1.82) is 0 Å². The number of allylic oxidation sites excluding steroid dienone is 1. The van der Waals surface area contributed by atoms with Crippen molar-refractivity contribution in [3.63, 3.8) is 0 Å². The highest BCUT2D eigenvalue weighted by Gasteiger charge is 2.01. The Bertz CT molecular complexity index is 547. The third-order valence-electron chi connectivity index (χ3n) is 2.81. The zero-order valence-corrected chi connectivity index (χ0v) is 13.1. The van der Waals surface area contributed by atoms with Crippen molar-refractivity contribution in [3.05, 3.63) is 84.6 Å². The summed E-state index contributed by atoms with van der Waals surface area (Å²) in [6, 6.07) is 15.8. The van der Waals surface area contributed by atoms with Crippen LogP contribution < -0.4 is 4.74 Å². The Hall–Kier alpha value is -1.73. The smallest absolute Gasteiger partial charge is 0.123 e. The van der Waals surface area contributed by atoms with Crippen LogP contribution in [0.1, 0.15) is 17.5 Å². The summed E-state index contributed by atoms with van der Waals surface area (Å²) in [6.45, 7) is 7.39. The van der Waals surface area contributed by atoms with E-state index in [0.717, 1.165) is 24.2 Å². The maximum Gasteiger partial charge on any atom is 0.123 e.